The van der Waals surface area contributed by atoms with Gasteiger partial charge in [0.15, 0.2) is 0 Å². The Labute approximate surface area is 126 Å². The normalized spacial score (nSPS) is 17.8. The highest BCUT2D eigenvalue weighted by Gasteiger charge is 2.17. The zero-order chi connectivity index (χ0) is 13.1. The molecule has 3 nitrogen and oxygen atoms in total. The van der Waals surface area contributed by atoms with E-state index in [0.717, 1.165) is 31.5 Å². The lowest BCUT2D eigenvalue weighted by molar-refractivity contribution is 0.313. The molecule has 3 heterocycles. The maximum atomic E-state index is 4.62. The van der Waals surface area contributed by atoms with Gasteiger partial charge in [0.1, 0.15) is 5.82 Å². The zero-order valence-electron chi connectivity index (χ0n) is 10.9. The van der Waals surface area contributed by atoms with Gasteiger partial charge >= 0.3 is 0 Å². The molecule has 0 saturated carbocycles. The fraction of sp³-hybridized carbons (Fsp3) is 0.500. The molecule has 3 rings (SSSR count). The molecule has 5 heteroatoms. The Kier molecular flexibility index (Phi) is 4.35. The lowest BCUT2D eigenvalue weighted by Crippen LogP contribution is -2.32. The summed E-state index contributed by atoms with van der Waals surface area (Å²) in [5, 5.41) is 4.53. The number of anilines is 1. The highest BCUT2D eigenvalue weighted by atomic mass is 79.9. The van der Waals surface area contributed by atoms with Gasteiger partial charge in [-0.25, -0.2) is 4.98 Å². The molecule has 1 aliphatic rings. The van der Waals surface area contributed by atoms with Gasteiger partial charge < -0.3 is 9.80 Å². The van der Waals surface area contributed by atoms with Crippen LogP contribution < -0.4 is 4.90 Å². The van der Waals surface area contributed by atoms with Crippen LogP contribution in [-0.4, -0.2) is 47.9 Å². The summed E-state index contributed by atoms with van der Waals surface area (Å²) in [4.78, 5) is 9.60. The summed E-state index contributed by atoms with van der Waals surface area (Å²) < 4.78 is 1.34. The van der Waals surface area contributed by atoms with E-state index in [0.29, 0.717) is 0 Å². The van der Waals surface area contributed by atoms with E-state index >= 15 is 0 Å². The summed E-state index contributed by atoms with van der Waals surface area (Å²) in [6.07, 6.45) is 3.16. The van der Waals surface area contributed by atoms with Crippen molar-refractivity contribution >= 4 is 43.2 Å². The number of halogens is 1. The lowest BCUT2D eigenvalue weighted by Gasteiger charge is -2.23. The van der Waals surface area contributed by atoms with E-state index in [-0.39, 0.29) is 0 Å². The predicted octanol–water partition coefficient (Wildman–Crippen LogP) is 3.20. The standard InChI is InChI=1S/C14H18BrN3S/c15-4-8-17-6-1-7-18(10-9-17)14-12-3-11-19-13(12)2-5-16-14/h2-3,5,11H,1,4,6-10H2. The van der Waals surface area contributed by atoms with E-state index in [1.165, 1.54) is 28.9 Å². The number of hydrogen-bond acceptors (Lipinski definition) is 4. The zero-order valence-corrected chi connectivity index (χ0v) is 13.3. The number of fused-ring (bicyclic) bond motifs is 1. The molecule has 0 radical (unpaired) electrons. The number of nitrogens with zero attached hydrogens (tertiary/aromatic N) is 3. The smallest absolute Gasteiger partial charge is 0.137 e. The Morgan fingerprint density at radius 1 is 1.21 bits per heavy atom. The van der Waals surface area contributed by atoms with Gasteiger partial charge in [0.05, 0.1) is 0 Å². The van der Waals surface area contributed by atoms with Gasteiger partial charge in [-0.05, 0) is 30.5 Å². The number of alkyl halides is 1. The van der Waals surface area contributed by atoms with Gasteiger partial charge in [0.25, 0.3) is 0 Å². The molecule has 0 N–H and O–H groups in total. The quantitative estimate of drug-likeness (QED) is 0.800. The van der Waals surface area contributed by atoms with Crippen LogP contribution in [-0.2, 0) is 0 Å². The molecule has 0 atom stereocenters. The van der Waals surface area contributed by atoms with Crippen LogP contribution in [0.15, 0.2) is 23.7 Å². The average molecular weight is 340 g/mol. The van der Waals surface area contributed by atoms with Gasteiger partial charge in [-0.15, -0.1) is 11.3 Å². The topological polar surface area (TPSA) is 19.4 Å². The molecule has 1 fully saturated rings. The fourth-order valence-electron chi connectivity index (χ4n) is 2.66. The minimum atomic E-state index is 1.06. The predicted molar refractivity (Wildman–Crippen MR) is 86.7 cm³/mol. The summed E-state index contributed by atoms with van der Waals surface area (Å²) in [5.41, 5.74) is 0. The Morgan fingerprint density at radius 3 is 3.05 bits per heavy atom. The molecule has 1 aliphatic heterocycles. The third kappa shape index (κ3) is 2.93. The molecule has 102 valence electrons. The van der Waals surface area contributed by atoms with Crippen LogP contribution in [0.4, 0.5) is 5.82 Å². The van der Waals surface area contributed by atoms with Gasteiger partial charge in [0, 0.05) is 47.8 Å². The van der Waals surface area contributed by atoms with E-state index < -0.39 is 0 Å². The average Bonchev–Trinajstić information content (AvgIpc) is 2.79. The lowest BCUT2D eigenvalue weighted by atomic mass is 10.3. The van der Waals surface area contributed by atoms with Gasteiger partial charge in [-0.2, -0.15) is 0 Å². The van der Waals surface area contributed by atoms with E-state index in [4.69, 9.17) is 0 Å². The number of hydrogen-bond donors (Lipinski definition) is 0. The second-order valence-electron chi connectivity index (χ2n) is 4.84. The SMILES string of the molecule is BrCCN1CCCN(c2nccc3sccc23)CC1. The Bertz CT molecular complexity index is 542. The summed E-state index contributed by atoms with van der Waals surface area (Å²) in [5.74, 6) is 1.17. The Hall–Kier alpha value is -0.650. The van der Waals surface area contributed by atoms with Crippen molar-refractivity contribution in [3.8, 4) is 0 Å². The Morgan fingerprint density at radius 2 is 2.16 bits per heavy atom. The van der Waals surface area contributed by atoms with Gasteiger partial charge in [0.2, 0.25) is 0 Å². The first-order valence-corrected chi connectivity index (χ1v) is 8.74. The van der Waals surface area contributed by atoms with Crippen molar-refractivity contribution in [3.05, 3.63) is 23.7 Å². The molecule has 2 aromatic rings. The third-order valence-corrected chi connectivity index (χ3v) is 4.88. The van der Waals surface area contributed by atoms with Crippen molar-refractivity contribution < 1.29 is 0 Å². The largest absolute Gasteiger partial charge is 0.355 e. The van der Waals surface area contributed by atoms with E-state index in [1.807, 2.05) is 6.20 Å². The Balaban J connectivity index is 1.80. The van der Waals surface area contributed by atoms with Gasteiger partial charge in [-0.3, -0.25) is 0 Å². The van der Waals surface area contributed by atoms with Crippen LogP contribution in [0, 0.1) is 0 Å². The second kappa shape index (κ2) is 6.20. The van der Waals surface area contributed by atoms with Gasteiger partial charge in [-0.1, -0.05) is 15.9 Å². The van der Waals surface area contributed by atoms with E-state index in [2.05, 4.69) is 48.2 Å². The molecule has 19 heavy (non-hydrogen) atoms. The molecular weight excluding hydrogens is 322 g/mol. The number of aromatic nitrogens is 1. The van der Waals surface area contributed by atoms with Crippen molar-refractivity contribution in [1.82, 2.24) is 9.88 Å². The van der Waals surface area contributed by atoms with Crippen LogP contribution in [0.1, 0.15) is 6.42 Å². The molecule has 0 spiro atoms. The van der Waals surface area contributed by atoms with Crippen LogP contribution >= 0.6 is 27.3 Å². The van der Waals surface area contributed by atoms with Crippen LogP contribution in [0.2, 0.25) is 0 Å². The molecule has 0 aliphatic carbocycles. The van der Waals surface area contributed by atoms with E-state index in [1.54, 1.807) is 11.3 Å². The fourth-order valence-corrected chi connectivity index (χ4v) is 3.94. The molecule has 2 aromatic heterocycles. The molecule has 0 unspecified atom stereocenters. The number of rotatable bonds is 3. The number of thiophene rings is 1. The van der Waals surface area contributed by atoms with Crippen LogP contribution in [0.3, 0.4) is 0 Å². The third-order valence-electron chi connectivity index (χ3n) is 3.65. The maximum absolute atomic E-state index is 4.62. The molecule has 1 saturated heterocycles. The molecule has 0 bridgehead atoms. The first kappa shape index (κ1) is 13.3. The monoisotopic (exact) mass is 339 g/mol. The highest BCUT2D eigenvalue weighted by Crippen LogP contribution is 2.28. The minimum absolute atomic E-state index is 1.06. The molecule has 0 amide bonds. The van der Waals surface area contributed by atoms with Crippen molar-refractivity contribution in [2.45, 2.75) is 6.42 Å². The minimum Gasteiger partial charge on any atom is -0.355 e. The van der Waals surface area contributed by atoms with Crippen molar-refractivity contribution in [2.24, 2.45) is 0 Å². The van der Waals surface area contributed by atoms with Crippen molar-refractivity contribution in [2.75, 3.05) is 43.0 Å². The first-order valence-electron chi connectivity index (χ1n) is 6.74. The van der Waals surface area contributed by atoms with Crippen LogP contribution in [0.5, 0.6) is 0 Å². The first-order chi connectivity index (χ1) is 9.38. The number of pyridine rings is 1. The summed E-state index contributed by atoms with van der Waals surface area (Å²) in [6.45, 7) is 5.66. The summed E-state index contributed by atoms with van der Waals surface area (Å²) in [6, 6.07) is 4.31. The summed E-state index contributed by atoms with van der Waals surface area (Å²) >= 11 is 5.33. The summed E-state index contributed by atoms with van der Waals surface area (Å²) in [7, 11) is 0. The molecular formula is C14H18BrN3S. The molecule has 0 aromatic carbocycles. The maximum Gasteiger partial charge on any atom is 0.137 e. The van der Waals surface area contributed by atoms with Crippen molar-refractivity contribution in [1.29, 1.82) is 0 Å². The van der Waals surface area contributed by atoms with Crippen LogP contribution in [0.25, 0.3) is 10.1 Å². The van der Waals surface area contributed by atoms with E-state index in [9.17, 15) is 0 Å². The van der Waals surface area contributed by atoms with Crippen molar-refractivity contribution in [3.63, 3.8) is 0 Å². The highest BCUT2D eigenvalue weighted by molar-refractivity contribution is 9.09. The second-order valence-corrected chi connectivity index (χ2v) is 6.58.